The van der Waals surface area contributed by atoms with Gasteiger partial charge < -0.3 is 13.9 Å². The summed E-state index contributed by atoms with van der Waals surface area (Å²) in [6, 6.07) is 25.0. The number of imidazole rings is 1. The van der Waals surface area contributed by atoms with Crippen LogP contribution in [0.1, 0.15) is 15.9 Å². The van der Waals surface area contributed by atoms with Gasteiger partial charge in [0, 0.05) is 5.56 Å². The van der Waals surface area contributed by atoms with Crippen molar-refractivity contribution < 1.29 is 9.53 Å². The van der Waals surface area contributed by atoms with Crippen LogP contribution >= 0.6 is 0 Å². The second-order valence-corrected chi connectivity index (χ2v) is 6.62. The fourth-order valence-corrected chi connectivity index (χ4v) is 3.39. The lowest BCUT2D eigenvalue weighted by Gasteiger charge is -2.06. The molecule has 140 valence electrons. The zero-order valence-corrected chi connectivity index (χ0v) is 15.6. The standard InChI is InChI=1S/C23H21N3O2/c1-28-19-13-11-18(12-14-19)22(27)16-26-21-10-6-5-9-20(21)25(23(26)24)15-17-7-3-2-4-8-17/h2-14,24H,15-16H2,1H3. The molecular formula is C23H21N3O2. The average molecular weight is 371 g/mol. The molecule has 0 amide bonds. The molecule has 0 aliphatic heterocycles. The third-order valence-electron chi connectivity index (χ3n) is 4.87. The first kappa shape index (κ1) is 17.8. The first-order valence-electron chi connectivity index (χ1n) is 9.11. The highest BCUT2D eigenvalue weighted by atomic mass is 16.5. The van der Waals surface area contributed by atoms with Gasteiger partial charge >= 0.3 is 0 Å². The molecule has 5 nitrogen and oxygen atoms in total. The molecule has 0 saturated heterocycles. The SMILES string of the molecule is COc1ccc(C(=O)Cn2c(=N)n(Cc3ccccc3)c3ccccc32)cc1. The van der Waals surface area contributed by atoms with E-state index in [0.717, 1.165) is 16.6 Å². The zero-order valence-electron chi connectivity index (χ0n) is 15.6. The van der Waals surface area contributed by atoms with Gasteiger partial charge in [-0.1, -0.05) is 42.5 Å². The van der Waals surface area contributed by atoms with Gasteiger partial charge in [-0.2, -0.15) is 0 Å². The number of nitrogens with zero attached hydrogens (tertiary/aromatic N) is 2. The Morgan fingerprint density at radius 1 is 0.857 bits per heavy atom. The summed E-state index contributed by atoms with van der Waals surface area (Å²) < 4.78 is 8.86. The van der Waals surface area contributed by atoms with Gasteiger partial charge in [-0.3, -0.25) is 10.2 Å². The van der Waals surface area contributed by atoms with Crippen LogP contribution in [0.4, 0.5) is 0 Å². The number of methoxy groups -OCH3 is 1. The maximum absolute atomic E-state index is 12.8. The van der Waals surface area contributed by atoms with Crippen molar-refractivity contribution in [3.05, 3.63) is 95.6 Å². The molecule has 0 aliphatic carbocycles. The lowest BCUT2D eigenvalue weighted by Crippen LogP contribution is -2.27. The number of ketones is 1. The van der Waals surface area contributed by atoms with E-state index in [1.54, 1.807) is 35.9 Å². The molecule has 0 unspecified atom stereocenters. The Morgan fingerprint density at radius 2 is 1.46 bits per heavy atom. The number of carbonyl (C=O) groups is 1. The Labute approximate surface area is 162 Å². The van der Waals surface area contributed by atoms with Crippen LogP contribution in [0.5, 0.6) is 5.75 Å². The molecule has 0 aliphatic rings. The highest BCUT2D eigenvalue weighted by molar-refractivity contribution is 5.96. The van der Waals surface area contributed by atoms with Crippen LogP contribution in [0.25, 0.3) is 11.0 Å². The second kappa shape index (κ2) is 7.56. The number of carbonyl (C=O) groups excluding carboxylic acids is 1. The number of ether oxygens (including phenoxy) is 1. The van der Waals surface area contributed by atoms with E-state index in [1.165, 1.54) is 0 Å². The summed E-state index contributed by atoms with van der Waals surface area (Å²) in [6.07, 6.45) is 0. The summed E-state index contributed by atoms with van der Waals surface area (Å²) in [7, 11) is 1.60. The van der Waals surface area contributed by atoms with Gasteiger partial charge in [0.05, 0.1) is 31.2 Å². The zero-order chi connectivity index (χ0) is 19.5. The molecule has 0 radical (unpaired) electrons. The lowest BCUT2D eigenvalue weighted by atomic mass is 10.1. The quantitative estimate of drug-likeness (QED) is 0.523. The Kier molecular flexibility index (Phi) is 4.81. The number of benzene rings is 3. The van der Waals surface area contributed by atoms with Gasteiger partial charge in [0.2, 0.25) is 5.62 Å². The van der Waals surface area contributed by atoms with Gasteiger partial charge in [-0.15, -0.1) is 0 Å². The topological polar surface area (TPSA) is 60.0 Å². The largest absolute Gasteiger partial charge is 0.497 e. The molecule has 0 atom stereocenters. The number of fused-ring (bicyclic) bond motifs is 1. The number of Topliss-reactive ketones (excluding diaryl/α,β-unsaturated/α-hetero) is 1. The fraction of sp³-hybridized carbons (Fsp3) is 0.130. The van der Waals surface area contributed by atoms with E-state index in [4.69, 9.17) is 10.1 Å². The van der Waals surface area contributed by atoms with Crippen LogP contribution in [-0.2, 0) is 13.1 Å². The predicted molar refractivity (Wildman–Crippen MR) is 109 cm³/mol. The van der Waals surface area contributed by atoms with E-state index in [9.17, 15) is 4.79 Å². The van der Waals surface area contributed by atoms with Crippen molar-refractivity contribution in [3.63, 3.8) is 0 Å². The maximum Gasteiger partial charge on any atom is 0.203 e. The van der Waals surface area contributed by atoms with E-state index in [0.29, 0.717) is 23.5 Å². The number of aromatic nitrogens is 2. The molecule has 1 heterocycles. The van der Waals surface area contributed by atoms with E-state index in [1.807, 2.05) is 59.2 Å². The highest BCUT2D eigenvalue weighted by Crippen LogP contribution is 2.16. The van der Waals surface area contributed by atoms with Gasteiger partial charge in [-0.05, 0) is 42.0 Å². The first-order valence-corrected chi connectivity index (χ1v) is 9.11. The summed E-state index contributed by atoms with van der Waals surface area (Å²) in [5, 5.41) is 8.70. The van der Waals surface area contributed by atoms with Gasteiger partial charge in [0.15, 0.2) is 5.78 Å². The third kappa shape index (κ3) is 3.34. The predicted octanol–water partition coefficient (Wildman–Crippen LogP) is 3.86. The molecule has 28 heavy (non-hydrogen) atoms. The smallest absolute Gasteiger partial charge is 0.203 e. The molecule has 4 aromatic rings. The van der Waals surface area contributed by atoms with Crippen LogP contribution in [0.15, 0.2) is 78.9 Å². The third-order valence-corrected chi connectivity index (χ3v) is 4.87. The minimum Gasteiger partial charge on any atom is -0.497 e. The Hall–Kier alpha value is -3.60. The minimum atomic E-state index is -0.0382. The molecule has 1 aromatic heterocycles. The first-order chi connectivity index (χ1) is 13.7. The van der Waals surface area contributed by atoms with E-state index in [-0.39, 0.29) is 12.3 Å². The molecule has 0 spiro atoms. The number of nitrogens with one attached hydrogen (secondary N) is 1. The van der Waals surface area contributed by atoms with Crippen molar-refractivity contribution >= 4 is 16.8 Å². The second-order valence-electron chi connectivity index (χ2n) is 6.62. The Bertz CT molecular complexity index is 1170. The van der Waals surface area contributed by atoms with Gasteiger partial charge in [0.25, 0.3) is 0 Å². The van der Waals surface area contributed by atoms with E-state index in [2.05, 4.69) is 0 Å². The summed E-state index contributed by atoms with van der Waals surface area (Å²) in [6.45, 7) is 0.706. The van der Waals surface area contributed by atoms with E-state index >= 15 is 0 Å². The molecule has 3 aromatic carbocycles. The van der Waals surface area contributed by atoms with Crippen molar-refractivity contribution in [2.45, 2.75) is 13.1 Å². The maximum atomic E-state index is 12.8. The van der Waals surface area contributed by atoms with Crippen LogP contribution in [0.2, 0.25) is 0 Å². The summed E-state index contributed by atoms with van der Waals surface area (Å²) in [5.74, 6) is 0.675. The summed E-state index contributed by atoms with van der Waals surface area (Å²) >= 11 is 0. The lowest BCUT2D eigenvalue weighted by molar-refractivity contribution is 0.0971. The minimum absolute atomic E-state index is 0.0382. The van der Waals surface area contributed by atoms with Crippen LogP contribution in [-0.4, -0.2) is 22.0 Å². The number of hydrogen-bond donors (Lipinski definition) is 1. The monoisotopic (exact) mass is 371 g/mol. The molecule has 0 bridgehead atoms. The Balaban J connectivity index is 1.71. The molecule has 1 N–H and O–H groups in total. The molecular weight excluding hydrogens is 350 g/mol. The normalized spacial score (nSPS) is 10.9. The average Bonchev–Trinajstić information content (AvgIpc) is 3.00. The van der Waals surface area contributed by atoms with Crippen molar-refractivity contribution in [1.82, 2.24) is 9.13 Å². The number of hydrogen-bond acceptors (Lipinski definition) is 3. The van der Waals surface area contributed by atoms with Gasteiger partial charge in [-0.25, -0.2) is 0 Å². The molecule has 0 saturated carbocycles. The molecule has 0 fully saturated rings. The van der Waals surface area contributed by atoms with Crippen molar-refractivity contribution in [3.8, 4) is 5.75 Å². The van der Waals surface area contributed by atoms with Crippen molar-refractivity contribution in [2.75, 3.05) is 7.11 Å². The van der Waals surface area contributed by atoms with Crippen molar-refractivity contribution in [1.29, 1.82) is 5.41 Å². The van der Waals surface area contributed by atoms with Crippen LogP contribution in [0, 0.1) is 5.41 Å². The highest BCUT2D eigenvalue weighted by Gasteiger charge is 2.15. The van der Waals surface area contributed by atoms with Crippen LogP contribution in [0.3, 0.4) is 0 Å². The summed E-state index contributed by atoms with van der Waals surface area (Å²) in [4.78, 5) is 12.8. The van der Waals surface area contributed by atoms with E-state index < -0.39 is 0 Å². The molecule has 4 rings (SSSR count). The van der Waals surface area contributed by atoms with Gasteiger partial charge in [0.1, 0.15) is 5.75 Å². The van der Waals surface area contributed by atoms with Crippen molar-refractivity contribution in [2.24, 2.45) is 0 Å². The number of para-hydroxylation sites is 2. The molecule has 5 heteroatoms. The summed E-state index contributed by atoms with van der Waals surface area (Å²) in [5.41, 5.74) is 3.86. The fourth-order valence-electron chi connectivity index (χ4n) is 3.39. The Morgan fingerprint density at radius 3 is 2.11 bits per heavy atom. The van der Waals surface area contributed by atoms with Crippen LogP contribution < -0.4 is 10.4 Å². The number of rotatable bonds is 6.